The van der Waals surface area contributed by atoms with Crippen LogP contribution in [0.25, 0.3) is 0 Å². The first-order chi connectivity index (χ1) is 12.3. The molecule has 4 N–H and O–H groups in total. The first-order valence-electron chi connectivity index (χ1n) is 11.0. The zero-order valence-electron chi connectivity index (χ0n) is 16.3. The minimum absolute atomic E-state index is 0.0726. The molecule has 25 heavy (non-hydrogen) atoms. The predicted octanol–water partition coefficient (Wildman–Crippen LogP) is 3.75. The van der Waals surface area contributed by atoms with Crippen LogP contribution >= 0.6 is 0 Å². The van der Waals surface area contributed by atoms with Gasteiger partial charge in [-0.05, 0) is 31.6 Å². The van der Waals surface area contributed by atoms with Gasteiger partial charge in [0.15, 0.2) is 0 Å². The van der Waals surface area contributed by atoms with Crippen molar-refractivity contribution < 1.29 is 9.84 Å². The highest BCUT2D eigenvalue weighted by molar-refractivity contribution is 4.92. The summed E-state index contributed by atoms with van der Waals surface area (Å²) in [6.45, 7) is 2.74. The summed E-state index contributed by atoms with van der Waals surface area (Å²) in [5, 5.41) is 13.2. The maximum Gasteiger partial charge on any atom is 0.0856 e. The van der Waals surface area contributed by atoms with Crippen molar-refractivity contribution in [2.75, 3.05) is 19.8 Å². The van der Waals surface area contributed by atoms with Crippen LogP contribution in [-0.2, 0) is 4.74 Å². The molecule has 4 heteroatoms. The molecule has 2 rings (SSSR count). The van der Waals surface area contributed by atoms with Gasteiger partial charge in [-0.1, -0.05) is 64.2 Å². The summed E-state index contributed by atoms with van der Waals surface area (Å²) in [6, 6.07) is 0.153. The van der Waals surface area contributed by atoms with Crippen molar-refractivity contribution in [2.45, 2.75) is 108 Å². The number of nitrogens with one attached hydrogen (secondary N) is 1. The predicted molar refractivity (Wildman–Crippen MR) is 105 cm³/mol. The standard InChI is InChI=1S/C21H42N2O2/c22-19-16-23-20(21(19)24)14-10-5-3-1-2-4-6-11-15-25-17-18-12-8-7-9-13-18/h18-21,23-24H,1-17,22H2/t19-,20+,21-/m0/s1. The van der Waals surface area contributed by atoms with Crippen LogP contribution in [0.4, 0.5) is 0 Å². The van der Waals surface area contributed by atoms with Crippen LogP contribution < -0.4 is 11.1 Å². The largest absolute Gasteiger partial charge is 0.390 e. The lowest BCUT2D eigenvalue weighted by Gasteiger charge is -2.21. The number of hydrogen-bond donors (Lipinski definition) is 3. The summed E-state index contributed by atoms with van der Waals surface area (Å²) in [4.78, 5) is 0. The smallest absolute Gasteiger partial charge is 0.0856 e. The second-order valence-electron chi connectivity index (χ2n) is 8.37. The Morgan fingerprint density at radius 1 is 0.880 bits per heavy atom. The zero-order valence-corrected chi connectivity index (χ0v) is 16.3. The lowest BCUT2D eigenvalue weighted by Crippen LogP contribution is -2.37. The van der Waals surface area contributed by atoms with Crippen molar-refractivity contribution in [2.24, 2.45) is 11.7 Å². The van der Waals surface area contributed by atoms with Crippen molar-refractivity contribution >= 4 is 0 Å². The number of rotatable bonds is 13. The minimum Gasteiger partial charge on any atom is -0.390 e. The van der Waals surface area contributed by atoms with E-state index in [2.05, 4.69) is 5.32 Å². The van der Waals surface area contributed by atoms with Gasteiger partial charge in [0, 0.05) is 31.8 Å². The van der Waals surface area contributed by atoms with E-state index >= 15 is 0 Å². The molecule has 2 aliphatic rings. The van der Waals surface area contributed by atoms with Gasteiger partial charge < -0.3 is 20.9 Å². The van der Waals surface area contributed by atoms with Crippen LogP contribution in [0.1, 0.15) is 89.9 Å². The summed E-state index contributed by atoms with van der Waals surface area (Å²) < 4.78 is 5.86. The molecule has 0 spiro atoms. The third-order valence-electron chi connectivity index (χ3n) is 6.10. The topological polar surface area (TPSA) is 67.5 Å². The summed E-state index contributed by atoms with van der Waals surface area (Å²) in [7, 11) is 0. The molecule has 1 aliphatic heterocycles. The number of nitrogens with two attached hydrogens (primary N) is 1. The Bertz CT molecular complexity index is 321. The van der Waals surface area contributed by atoms with Gasteiger partial charge >= 0.3 is 0 Å². The summed E-state index contributed by atoms with van der Waals surface area (Å²) in [6.07, 6.45) is 18.2. The highest BCUT2D eigenvalue weighted by atomic mass is 16.5. The Hall–Kier alpha value is -0.160. The lowest BCUT2D eigenvalue weighted by atomic mass is 9.90. The van der Waals surface area contributed by atoms with E-state index in [0.717, 1.165) is 32.1 Å². The second-order valence-corrected chi connectivity index (χ2v) is 8.37. The molecule has 0 unspecified atom stereocenters. The highest BCUT2D eigenvalue weighted by Crippen LogP contribution is 2.23. The van der Waals surface area contributed by atoms with Gasteiger partial charge in [0.05, 0.1) is 6.10 Å². The Morgan fingerprint density at radius 2 is 1.52 bits per heavy atom. The van der Waals surface area contributed by atoms with Crippen molar-refractivity contribution in [1.29, 1.82) is 0 Å². The number of hydrogen-bond acceptors (Lipinski definition) is 4. The zero-order chi connectivity index (χ0) is 17.7. The van der Waals surface area contributed by atoms with Crippen molar-refractivity contribution in [3.63, 3.8) is 0 Å². The number of unbranched alkanes of at least 4 members (excludes halogenated alkanes) is 7. The normalized spacial score (nSPS) is 27.8. The Balaban J connectivity index is 1.28. The highest BCUT2D eigenvalue weighted by Gasteiger charge is 2.30. The molecule has 1 saturated carbocycles. The Kier molecular flexibility index (Phi) is 11.1. The third kappa shape index (κ3) is 8.85. The maximum absolute atomic E-state index is 9.90. The van der Waals surface area contributed by atoms with E-state index in [1.165, 1.54) is 83.5 Å². The molecule has 0 aromatic heterocycles. The van der Waals surface area contributed by atoms with E-state index < -0.39 is 0 Å². The molecule has 1 aliphatic carbocycles. The van der Waals surface area contributed by atoms with Crippen LogP contribution in [0.3, 0.4) is 0 Å². The quantitative estimate of drug-likeness (QED) is 0.441. The van der Waals surface area contributed by atoms with Crippen LogP contribution in [0.2, 0.25) is 0 Å². The summed E-state index contributed by atoms with van der Waals surface area (Å²) >= 11 is 0. The van der Waals surface area contributed by atoms with Gasteiger partial charge in [0.25, 0.3) is 0 Å². The average molecular weight is 355 g/mol. The van der Waals surface area contributed by atoms with Crippen molar-refractivity contribution in [3.05, 3.63) is 0 Å². The van der Waals surface area contributed by atoms with E-state index in [9.17, 15) is 5.11 Å². The number of ether oxygens (including phenoxy) is 1. The SMILES string of the molecule is N[C@H]1CN[C@H](CCCCCCCCCCOCC2CCCCC2)[C@H]1O. The van der Waals surface area contributed by atoms with Crippen LogP contribution in [0, 0.1) is 5.92 Å². The van der Waals surface area contributed by atoms with Gasteiger partial charge in [-0.25, -0.2) is 0 Å². The van der Waals surface area contributed by atoms with Gasteiger partial charge in [-0.15, -0.1) is 0 Å². The van der Waals surface area contributed by atoms with Gasteiger partial charge in [-0.2, -0.15) is 0 Å². The molecule has 0 bridgehead atoms. The number of aliphatic hydroxyl groups is 1. The number of aliphatic hydroxyl groups excluding tert-OH is 1. The van der Waals surface area contributed by atoms with Crippen LogP contribution in [0.5, 0.6) is 0 Å². The first kappa shape index (κ1) is 21.1. The van der Waals surface area contributed by atoms with Crippen LogP contribution in [-0.4, -0.2) is 43.1 Å². The minimum atomic E-state index is -0.347. The monoisotopic (exact) mass is 354 g/mol. The van der Waals surface area contributed by atoms with Gasteiger partial charge in [-0.3, -0.25) is 0 Å². The van der Waals surface area contributed by atoms with Gasteiger partial charge in [0.2, 0.25) is 0 Å². The molecule has 4 nitrogen and oxygen atoms in total. The Labute approximate surface area is 155 Å². The van der Waals surface area contributed by atoms with Crippen molar-refractivity contribution in [1.82, 2.24) is 5.32 Å². The maximum atomic E-state index is 9.90. The van der Waals surface area contributed by atoms with E-state index in [1.54, 1.807) is 0 Å². The molecule has 0 aromatic rings. The lowest BCUT2D eigenvalue weighted by molar-refractivity contribution is 0.0824. The Morgan fingerprint density at radius 3 is 2.16 bits per heavy atom. The third-order valence-corrected chi connectivity index (χ3v) is 6.10. The molecule has 1 heterocycles. The van der Waals surface area contributed by atoms with E-state index in [-0.39, 0.29) is 18.2 Å². The van der Waals surface area contributed by atoms with Crippen molar-refractivity contribution in [3.8, 4) is 0 Å². The molecule has 0 aromatic carbocycles. The molecule has 0 radical (unpaired) electrons. The molecular formula is C21H42N2O2. The fourth-order valence-corrected chi connectivity index (χ4v) is 4.33. The molecule has 2 fully saturated rings. The fourth-order valence-electron chi connectivity index (χ4n) is 4.33. The first-order valence-corrected chi connectivity index (χ1v) is 11.0. The van der Waals surface area contributed by atoms with Crippen LogP contribution in [0.15, 0.2) is 0 Å². The molecule has 1 saturated heterocycles. The summed E-state index contributed by atoms with van der Waals surface area (Å²) in [5.74, 6) is 0.852. The summed E-state index contributed by atoms with van der Waals surface area (Å²) in [5.41, 5.74) is 5.81. The average Bonchev–Trinajstić information content (AvgIpc) is 2.95. The van der Waals surface area contributed by atoms with E-state index in [4.69, 9.17) is 10.5 Å². The van der Waals surface area contributed by atoms with Gasteiger partial charge in [0.1, 0.15) is 0 Å². The van der Waals surface area contributed by atoms with E-state index in [0.29, 0.717) is 0 Å². The molecule has 0 amide bonds. The molecular weight excluding hydrogens is 312 g/mol. The molecule has 148 valence electrons. The second kappa shape index (κ2) is 13.1. The molecule has 3 atom stereocenters. The van der Waals surface area contributed by atoms with E-state index in [1.807, 2.05) is 0 Å². The fraction of sp³-hybridized carbons (Fsp3) is 1.00.